The van der Waals surface area contributed by atoms with E-state index in [9.17, 15) is 8.42 Å². The summed E-state index contributed by atoms with van der Waals surface area (Å²) in [7, 11) is -2.76. The molecule has 1 aliphatic heterocycles. The number of para-hydroxylation sites is 2. The first-order chi connectivity index (χ1) is 21.8. The van der Waals surface area contributed by atoms with E-state index in [1.807, 2.05) is 0 Å². The maximum atomic E-state index is 13.6. The van der Waals surface area contributed by atoms with Crippen LogP contribution in [0.4, 0.5) is 5.82 Å². The Labute approximate surface area is 262 Å². The number of nitrogens with one attached hydrogen (secondary N) is 2. The molecule has 1 aliphatic rings. The molecule has 1 saturated heterocycles. The zero-order chi connectivity index (χ0) is 31.4. The maximum Gasteiger partial charge on any atom is 0.314 e. The summed E-state index contributed by atoms with van der Waals surface area (Å²) in [6.45, 7) is 2.56. The summed E-state index contributed by atoms with van der Waals surface area (Å²) >= 11 is 4.97. The lowest BCUT2D eigenvalue weighted by atomic mass is 10.2. The summed E-state index contributed by atoms with van der Waals surface area (Å²) in [4.78, 5) is 21.8. The Balaban J connectivity index is 1.50. The molecule has 1 unspecified atom stereocenters. The van der Waals surface area contributed by atoms with E-state index in [0.29, 0.717) is 29.4 Å². The van der Waals surface area contributed by atoms with Crippen molar-refractivity contribution in [3.8, 4) is 46.0 Å². The van der Waals surface area contributed by atoms with E-state index in [1.54, 1.807) is 49.4 Å². The normalized spacial score (nSPS) is 14.7. The van der Waals surface area contributed by atoms with E-state index in [2.05, 4.69) is 34.8 Å². The second kappa shape index (κ2) is 13.0. The third-order valence-corrected chi connectivity index (χ3v) is 8.06. The number of anilines is 1. The van der Waals surface area contributed by atoms with Gasteiger partial charge in [0.2, 0.25) is 5.75 Å². The van der Waals surface area contributed by atoms with Gasteiger partial charge in [-0.15, -0.1) is 0 Å². The van der Waals surface area contributed by atoms with Crippen LogP contribution in [-0.2, 0) is 14.8 Å². The molecule has 14 nitrogen and oxygen atoms in total. The third-order valence-electron chi connectivity index (χ3n) is 6.63. The SMILES string of the molecule is COc1ccccc1Oc1c(NS(=O)(=O)c2ccc(C)cn2)nc(-c2ccnc(-c3nc(=S)o[nH]3)c2)nc1OCC1CCCO1. The topological polar surface area (TPSA) is 176 Å². The Kier molecular flexibility index (Phi) is 8.68. The van der Waals surface area contributed by atoms with Gasteiger partial charge in [-0.3, -0.25) is 9.71 Å². The molecule has 2 N–H and O–H groups in total. The molecule has 4 aromatic heterocycles. The fraction of sp³-hybridized carbons (Fsp3) is 0.241. The molecule has 0 saturated carbocycles. The van der Waals surface area contributed by atoms with Gasteiger partial charge in [-0.25, -0.2) is 9.97 Å². The lowest BCUT2D eigenvalue weighted by Gasteiger charge is -2.19. The van der Waals surface area contributed by atoms with Crippen LogP contribution >= 0.6 is 12.2 Å². The van der Waals surface area contributed by atoms with Gasteiger partial charge in [0, 0.05) is 24.6 Å². The van der Waals surface area contributed by atoms with Crippen LogP contribution in [0, 0.1) is 11.8 Å². The van der Waals surface area contributed by atoms with Crippen LogP contribution in [-0.4, -0.2) is 64.9 Å². The average Bonchev–Trinajstić information content (AvgIpc) is 3.73. The quantitative estimate of drug-likeness (QED) is 0.181. The van der Waals surface area contributed by atoms with Crippen LogP contribution in [0.3, 0.4) is 0 Å². The van der Waals surface area contributed by atoms with Crippen LogP contribution < -0.4 is 18.9 Å². The number of hydrogen-bond donors (Lipinski definition) is 2. The first-order valence-corrected chi connectivity index (χ1v) is 15.6. The first-order valence-electron chi connectivity index (χ1n) is 13.7. The summed E-state index contributed by atoms with van der Waals surface area (Å²) in [5.74, 6) is 0.741. The van der Waals surface area contributed by atoms with Crippen LogP contribution in [0.25, 0.3) is 22.9 Å². The molecule has 1 aromatic carbocycles. The number of sulfonamides is 1. The predicted octanol–water partition coefficient (Wildman–Crippen LogP) is 5.11. The van der Waals surface area contributed by atoms with Gasteiger partial charge in [-0.05, 0) is 67.9 Å². The highest BCUT2D eigenvalue weighted by Gasteiger charge is 2.27. The van der Waals surface area contributed by atoms with Gasteiger partial charge >= 0.3 is 4.84 Å². The van der Waals surface area contributed by atoms with E-state index < -0.39 is 10.0 Å². The van der Waals surface area contributed by atoms with Crippen molar-refractivity contribution in [2.24, 2.45) is 0 Å². The Morgan fingerprint density at radius 1 is 1.09 bits per heavy atom. The molecule has 1 fully saturated rings. The highest BCUT2D eigenvalue weighted by atomic mass is 32.2. The van der Waals surface area contributed by atoms with E-state index in [4.69, 9.17) is 35.7 Å². The molecule has 1 atom stereocenters. The Morgan fingerprint density at radius 3 is 2.64 bits per heavy atom. The fourth-order valence-corrected chi connectivity index (χ4v) is 5.48. The third kappa shape index (κ3) is 6.92. The number of rotatable bonds is 11. The van der Waals surface area contributed by atoms with Crippen molar-refractivity contribution in [3.05, 3.63) is 71.3 Å². The number of methoxy groups -OCH3 is 1. The van der Waals surface area contributed by atoms with Crippen molar-refractivity contribution < 1.29 is 31.9 Å². The van der Waals surface area contributed by atoms with E-state index >= 15 is 0 Å². The van der Waals surface area contributed by atoms with Gasteiger partial charge in [0.05, 0.1) is 13.2 Å². The maximum absolute atomic E-state index is 13.6. The Bertz CT molecular complexity index is 1980. The molecule has 0 amide bonds. The minimum atomic E-state index is -4.25. The van der Waals surface area contributed by atoms with Crippen LogP contribution in [0.5, 0.6) is 23.1 Å². The highest BCUT2D eigenvalue weighted by molar-refractivity contribution is 7.92. The molecule has 6 rings (SSSR count). The van der Waals surface area contributed by atoms with Crippen molar-refractivity contribution in [3.63, 3.8) is 0 Å². The van der Waals surface area contributed by atoms with Gasteiger partial charge < -0.3 is 23.5 Å². The number of aromatic amines is 1. The van der Waals surface area contributed by atoms with Gasteiger partial charge in [0.15, 0.2) is 34.0 Å². The van der Waals surface area contributed by atoms with Crippen molar-refractivity contribution in [2.75, 3.05) is 25.0 Å². The molecular formula is C29H27N7O7S2. The monoisotopic (exact) mass is 649 g/mol. The molecule has 232 valence electrons. The molecule has 5 heterocycles. The average molecular weight is 650 g/mol. The molecule has 0 bridgehead atoms. The lowest BCUT2D eigenvalue weighted by molar-refractivity contribution is 0.0654. The van der Waals surface area contributed by atoms with Gasteiger partial charge in [-0.1, -0.05) is 18.2 Å². The second-order valence-electron chi connectivity index (χ2n) is 9.87. The number of benzene rings is 1. The number of ether oxygens (including phenoxy) is 4. The van der Waals surface area contributed by atoms with Crippen molar-refractivity contribution in [1.29, 1.82) is 0 Å². The van der Waals surface area contributed by atoms with Crippen molar-refractivity contribution >= 4 is 28.1 Å². The smallest absolute Gasteiger partial charge is 0.314 e. The number of pyridine rings is 2. The second-order valence-corrected chi connectivity index (χ2v) is 11.8. The largest absolute Gasteiger partial charge is 0.493 e. The molecule has 0 radical (unpaired) electrons. The van der Waals surface area contributed by atoms with E-state index in [1.165, 1.54) is 25.6 Å². The van der Waals surface area contributed by atoms with E-state index in [-0.39, 0.29) is 51.6 Å². The summed E-state index contributed by atoms with van der Waals surface area (Å²) in [5, 5.41) is 2.40. The molecule has 45 heavy (non-hydrogen) atoms. The summed E-state index contributed by atoms with van der Waals surface area (Å²) in [5.41, 5.74) is 1.64. The van der Waals surface area contributed by atoms with Crippen LogP contribution in [0.1, 0.15) is 18.4 Å². The van der Waals surface area contributed by atoms with Gasteiger partial charge in [-0.2, -0.15) is 23.5 Å². The van der Waals surface area contributed by atoms with Crippen molar-refractivity contribution in [2.45, 2.75) is 30.9 Å². The number of aromatic nitrogens is 6. The molecule has 0 spiro atoms. The lowest BCUT2D eigenvalue weighted by Crippen LogP contribution is -2.19. The van der Waals surface area contributed by atoms with E-state index in [0.717, 1.165) is 18.4 Å². The molecule has 16 heteroatoms. The number of aryl methyl sites for hydroxylation is 1. The van der Waals surface area contributed by atoms with Gasteiger partial charge in [0.25, 0.3) is 15.9 Å². The number of hydrogen-bond acceptors (Lipinski definition) is 13. The molecular weight excluding hydrogens is 622 g/mol. The number of nitrogens with zero attached hydrogens (tertiary/aromatic N) is 5. The minimum absolute atomic E-state index is 0.0116. The first kappa shape index (κ1) is 30.1. The molecule has 5 aromatic rings. The highest BCUT2D eigenvalue weighted by Crippen LogP contribution is 2.42. The zero-order valence-electron chi connectivity index (χ0n) is 24.1. The van der Waals surface area contributed by atoms with Crippen LogP contribution in [0.2, 0.25) is 0 Å². The van der Waals surface area contributed by atoms with Crippen LogP contribution in [0.15, 0.2) is 70.5 Å². The Hall–Kier alpha value is -4.93. The predicted molar refractivity (Wildman–Crippen MR) is 163 cm³/mol. The molecule has 0 aliphatic carbocycles. The standard InChI is InChI=1S/C29H27N7O7S2/c1-17-9-10-23(31-15-17)45(37,38)36-27-24(42-22-8-4-3-7-21(22)39-2)28(41-16-19-6-5-13-40-19)33-25(32-27)18-11-12-30-20(14-18)26-34-29(44)43-35-26/h3-4,7-12,14-15,19H,5-6,13,16H2,1-2H3,(H,32,33,36)(H,34,35,44). The summed E-state index contributed by atoms with van der Waals surface area (Å²) in [6.07, 6.45) is 4.49. The van der Waals surface area contributed by atoms with Gasteiger partial charge in [0.1, 0.15) is 12.3 Å². The Morgan fingerprint density at radius 2 is 1.93 bits per heavy atom. The fourth-order valence-electron chi connectivity index (χ4n) is 4.41. The number of H-pyrrole nitrogens is 1. The minimum Gasteiger partial charge on any atom is -0.493 e. The summed E-state index contributed by atoms with van der Waals surface area (Å²) in [6, 6.07) is 13.2. The summed E-state index contributed by atoms with van der Waals surface area (Å²) < 4.78 is 58.4. The van der Waals surface area contributed by atoms with Crippen molar-refractivity contribution in [1.82, 2.24) is 30.1 Å². The zero-order valence-corrected chi connectivity index (χ0v) is 25.7.